The first-order chi connectivity index (χ1) is 5.04. The summed E-state index contributed by atoms with van der Waals surface area (Å²) in [6.07, 6.45) is 1.19. The van der Waals surface area contributed by atoms with Crippen molar-refractivity contribution in [2.75, 3.05) is 0 Å². The Labute approximate surface area is 67.8 Å². The van der Waals surface area contributed by atoms with E-state index in [4.69, 9.17) is 11.5 Å². The monoisotopic (exact) mass is 160 g/mol. The molecule has 0 bridgehead atoms. The third kappa shape index (κ3) is 9.01. The molecule has 0 aromatic rings. The molecule has 0 rings (SSSR count). The minimum atomic E-state index is -0.463. The molecular formula is C8H17FN2. The van der Waals surface area contributed by atoms with Gasteiger partial charge >= 0.3 is 0 Å². The molecule has 0 fully saturated rings. The van der Waals surface area contributed by atoms with Gasteiger partial charge in [-0.25, -0.2) is 4.39 Å². The van der Waals surface area contributed by atoms with Crippen LogP contribution in [0.1, 0.15) is 27.7 Å². The zero-order valence-electron chi connectivity index (χ0n) is 7.61. The highest BCUT2D eigenvalue weighted by atomic mass is 19.1. The third-order valence-electron chi connectivity index (χ3n) is 0.731. The van der Waals surface area contributed by atoms with Gasteiger partial charge in [0.1, 0.15) is 5.83 Å². The Hall–Kier alpha value is -0.990. The fourth-order valence-electron chi connectivity index (χ4n) is 0.314. The van der Waals surface area contributed by atoms with Gasteiger partial charge in [-0.3, -0.25) is 0 Å². The van der Waals surface area contributed by atoms with Crippen LogP contribution in [0.2, 0.25) is 0 Å². The third-order valence-corrected chi connectivity index (χ3v) is 0.731. The van der Waals surface area contributed by atoms with Gasteiger partial charge in [0.15, 0.2) is 0 Å². The fraction of sp³-hybridized carbons (Fsp3) is 0.500. The molecule has 0 saturated carbocycles. The summed E-state index contributed by atoms with van der Waals surface area (Å²) in [6.45, 7) is 7.08. The lowest BCUT2D eigenvalue weighted by molar-refractivity contribution is 0.650. The molecule has 0 aromatic heterocycles. The molecule has 2 nitrogen and oxygen atoms in total. The quantitative estimate of drug-likeness (QED) is 0.577. The highest BCUT2D eigenvalue weighted by molar-refractivity contribution is 5.18. The lowest BCUT2D eigenvalue weighted by atomic mass is 10.3. The molecule has 0 spiro atoms. The van der Waals surface area contributed by atoms with Crippen LogP contribution >= 0.6 is 0 Å². The summed E-state index contributed by atoms with van der Waals surface area (Å²) >= 11 is 0. The van der Waals surface area contributed by atoms with Crippen LogP contribution in [-0.4, -0.2) is 0 Å². The zero-order chi connectivity index (χ0) is 9.44. The number of allylic oxidation sites excluding steroid dienone is 4. The standard InChI is InChI=1S/C6H11FN2.C2H6/c1-4(8)3-6(7)5(2)9;1-2/h3H,8-9H2,1-2H3;1-2H3/b4-3-,6-5+;. The smallest absolute Gasteiger partial charge is 0.143 e. The van der Waals surface area contributed by atoms with Crippen LogP contribution in [0.3, 0.4) is 0 Å². The van der Waals surface area contributed by atoms with Gasteiger partial charge in [0.25, 0.3) is 0 Å². The van der Waals surface area contributed by atoms with Crippen molar-refractivity contribution in [1.29, 1.82) is 0 Å². The van der Waals surface area contributed by atoms with Crippen molar-refractivity contribution in [3.63, 3.8) is 0 Å². The Morgan fingerprint density at radius 1 is 1.18 bits per heavy atom. The van der Waals surface area contributed by atoms with Crippen LogP contribution in [0.4, 0.5) is 4.39 Å². The second-order valence-corrected chi connectivity index (χ2v) is 1.92. The lowest BCUT2D eigenvalue weighted by Crippen LogP contribution is -1.96. The molecule has 0 unspecified atom stereocenters. The van der Waals surface area contributed by atoms with Gasteiger partial charge in [-0.15, -0.1) is 0 Å². The predicted molar refractivity (Wildman–Crippen MR) is 47.3 cm³/mol. The second kappa shape index (κ2) is 7.12. The van der Waals surface area contributed by atoms with Crippen LogP contribution in [0, 0.1) is 0 Å². The average molecular weight is 160 g/mol. The Kier molecular flexibility index (Phi) is 8.20. The number of nitrogens with two attached hydrogens (primary N) is 2. The molecule has 0 amide bonds. The van der Waals surface area contributed by atoms with Crippen LogP contribution in [-0.2, 0) is 0 Å². The highest BCUT2D eigenvalue weighted by Gasteiger charge is 1.90. The van der Waals surface area contributed by atoms with E-state index in [9.17, 15) is 4.39 Å². The van der Waals surface area contributed by atoms with Crippen molar-refractivity contribution in [1.82, 2.24) is 0 Å². The van der Waals surface area contributed by atoms with Crippen LogP contribution in [0.15, 0.2) is 23.3 Å². The lowest BCUT2D eigenvalue weighted by Gasteiger charge is -1.91. The molecule has 4 N–H and O–H groups in total. The first kappa shape index (κ1) is 12.7. The van der Waals surface area contributed by atoms with Gasteiger partial charge in [0, 0.05) is 11.4 Å². The summed E-state index contributed by atoms with van der Waals surface area (Å²) < 4.78 is 12.4. The van der Waals surface area contributed by atoms with Crippen molar-refractivity contribution < 1.29 is 4.39 Å². The number of hydrogen-bond donors (Lipinski definition) is 2. The van der Waals surface area contributed by atoms with Gasteiger partial charge in [-0.1, -0.05) is 13.8 Å². The van der Waals surface area contributed by atoms with Crippen molar-refractivity contribution in [2.45, 2.75) is 27.7 Å². The van der Waals surface area contributed by atoms with Crippen LogP contribution in [0.5, 0.6) is 0 Å². The van der Waals surface area contributed by atoms with Crippen molar-refractivity contribution in [3.8, 4) is 0 Å². The summed E-state index contributed by atoms with van der Waals surface area (Å²) in [5.74, 6) is -0.463. The van der Waals surface area contributed by atoms with Gasteiger partial charge in [-0.05, 0) is 19.9 Å². The first-order valence-corrected chi connectivity index (χ1v) is 3.59. The first-order valence-electron chi connectivity index (χ1n) is 3.59. The van der Waals surface area contributed by atoms with E-state index in [1.807, 2.05) is 13.8 Å². The minimum absolute atomic E-state index is 0.153. The summed E-state index contributed by atoms with van der Waals surface area (Å²) in [5, 5.41) is 0. The number of hydrogen-bond acceptors (Lipinski definition) is 2. The molecular weight excluding hydrogens is 143 g/mol. The maximum Gasteiger partial charge on any atom is 0.143 e. The maximum atomic E-state index is 12.4. The molecule has 0 aliphatic carbocycles. The van der Waals surface area contributed by atoms with E-state index in [-0.39, 0.29) is 5.70 Å². The molecule has 0 heterocycles. The molecule has 0 aliphatic heterocycles. The van der Waals surface area contributed by atoms with Crippen molar-refractivity contribution in [2.24, 2.45) is 11.5 Å². The molecule has 0 radical (unpaired) electrons. The zero-order valence-corrected chi connectivity index (χ0v) is 7.61. The Bertz CT molecular complexity index is 151. The van der Waals surface area contributed by atoms with Gasteiger partial charge < -0.3 is 11.5 Å². The highest BCUT2D eigenvalue weighted by Crippen LogP contribution is 2.02. The average Bonchev–Trinajstić information content (AvgIpc) is 1.90. The number of rotatable bonds is 1. The normalized spacial score (nSPS) is 13.0. The van der Waals surface area contributed by atoms with E-state index in [1.54, 1.807) is 6.92 Å². The minimum Gasteiger partial charge on any atom is -0.402 e. The molecule has 0 aromatic carbocycles. The molecule has 0 atom stereocenters. The van der Waals surface area contributed by atoms with Crippen LogP contribution in [0.25, 0.3) is 0 Å². The van der Waals surface area contributed by atoms with Gasteiger partial charge in [0.05, 0.1) is 0 Å². The molecule has 0 aliphatic rings. The van der Waals surface area contributed by atoms with E-state index >= 15 is 0 Å². The largest absolute Gasteiger partial charge is 0.402 e. The number of halogens is 1. The summed E-state index contributed by atoms with van der Waals surface area (Å²) in [6, 6.07) is 0. The van der Waals surface area contributed by atoms with E-state index in [1.165, 1.54) is 13.0 Å². The van der Waals surface area contributed by atoms with Crippen molar-refractivity contribution in [3.05, 3.63) is 23.3 Å². The van der Waals surface area contributed by atoms with E-state index in [2.05, 4.69) is 0 Å². The molecule has 11 heavy (non-hydrogen) atoms. The SMILES string of the molecule is C/C(N)=C/C(F)=C(/C)N.CC. The maximum absolute atomic E-state index is 12.4. The predicted octanol–water partition coefficient (Wildman–Crippen LogP) is 2.03. The van der Waals surface area contributed by atoms with E-state index in [0.29, 0.717) is 5.70 Å². The topological polar surface area (TPSA) is 52.0 Å². The second-order valence-electron chi connectivity index (χ2n) is 1.92. The summed E-state index contributed by atoms with van der Waals surface area (Å²) in [4.78, 5) is 0. The summed E-state index contributed by atoms with van der Waals surface area (Å²) in [5.41, 5.74) is 10.8. The fourth-order valence-corrected chi connectivity index (χ4v) is 0.314. The summed E-state index contributed by atoms with van der Waals surface area (Å²) in [7, 11) is 0. The Balaban J connectivity index is 0. The van der Waals surface area contributed by atoms with Gasteiger partial charge in [0.2, 0.25) is 0 Å². The van der Waals surface area contributed by atoms with Crippen molar-refractivity contribution >= 4 is 0 Å². The van der Waals surface area contributed by atoms with E-state index in [0.717, 1.165) is 0 Å². The Morgan fingerprint density at radius 3 is 1.64 bits per heavy atom. The molecule has 66 valence electrons. The molecule has 3 heteroatoms. The molecule has 0 saturated heterocycles. The van der Waals surface area contributed by atoms with Crippen LogP contribution < -0.4 is 11.5 Å². The van der Waals surface area contributed by atoms with Gasteiger partial charge in [-0.2, -0.15) is 0 Å². The Morgan fingerprint density at radius 2 is 1.55 bits per heavy atom. The van der Waals surface area contributed by atoms with E-state index < -0.39 is 5.83 Å².